The van der Waals surface area contributed by atoms with E-state index in [9.17, 15) is 14.7 Å². The summed E-state index contributed by atoms with van der Waals surface area (Å²) in [6.07, 6.45) is 9.72. The highest BCUT2D eigenvalue weighted by atomic mass is 32.2. The molecule has 0 spiro atoms. The summed E-state index contributed by atoms with van der Waals surface area (Å²) < 4.78 is 1.84. The summed E-state index contributed by atoms with van der Waals surface area (Å²) in [5, 5.41) is 10.1. The number of nitrogens with zero attached hydrogens (tertiary/aromatic N) is 2. The first-order valence-electron chi connectivity index (χ1n) is 9.52. The summed E-state index contributed by atoms with van der Waals surface area (Å²) >= 11 is 2.84. The Labute approximate surface area is 160 Å². The fourth-order valence-corrected chi connectivity index (χ4v) is 6.37. The van der Waals surface area contributed by atoms with Gasteiger partial charge >= 0.3 is 5.97 Å². The van der Waals surface area contributed by atoms with E-state index in [1.165, 1.54) is 35.0 Å². The second-order valence-corrected chi connectivity index (χ2v) is 9.74. The zero-order valence-electron chi connectivity index (χ0n) is 15.0. The molecule has 26 heavy (non-hydrogen) atoms. The van der Waals surface area contributed by atoms with Crippen molar-refractivity contribution < 1.29 is 9.90 Å². The molecule has 0 unspecified atom stereocenters. The number of carboxylic acids is 1. The van der Waals surface area contributed by atoms with Crippen molar-refractivity contribution in [3.63, 3.8) is 0 Å². The van der Waals surface area contributed by atoms with Crippen molar-refractivity contribution in [2.75, 3.05) is 0 Å². The Morgan fingerprint density at radius 3 is 2.69 bits per heavy atom. The maximum atomic E-state index is 13.5. The first-order chi connectivity index (χ1) is 12.6. The van der Waals surface area contributed by atoms with Gasteiger partial charge in [-0.2, -0.15) is 0 Å². The Balaban J connectivity index is 1.89. The minimum atomic E-state index is -0.870. The Morgan fingerprint density at radius 1 is 1.23 bits per heavy atom. The molecule has 1 fully saturated rings. The molecule has 2 heterocycles. The van der Waals surface area contributed by atoms with Crippen LogP contribution in [-0.2, 0) is 17.6 Å². The number of thioether (sulfide) groups is 1. The SMILES string of the molecule is C[C@@H](Sc1nc2sc3c(c2c(=O)n1C1CCCCC1)CCCC3)C(=O)O. The number of aryl methyl sites for hydroxylation is 2. The van der Waals surface area contributed by atoms with Gasteiger partial charge in [0.15, 0.2) is 5.16 Å². The summed E-state index contributed by atoms with van der Waals surface area (Å²) in [5.74, 6) is -0.870. The number of fused-ring (bicyclic) bond motifs is 3. The van der Waals surface area contributed by atoms with Crippen LogP contribution in [0, 0.1) is 0 Å². The van der Waals surface area contributed by atoms with Crippen molar-refractivity contribution in [3.05, 3.63) is 20.8 Å². The van der Waals surface area contributed by atoms with Crippen LogP contribution in [-0.4, -0.2) is 25.9 Å². The lowest BCUT2D eigenvalue weighted by atomic mass is 9.94. The minimum Gasteiger partial charge on any atom is -0.480 e. The van der Waals surface area contributed by atoms with Gasteiger partial charge in [0, 0.05) is 10.9 Å². The molecule has 0 radical (unpaired) electrons. The molecule has 0 saturated heterocycles. The third kappa shape index (κ3) is 3.20. The molecule has 1 atom stereocenters. The molecule has 0 aromatic carbocycles. The van der Waals surface area contributed by atoms with Crippen molar-refractivity contribution in [1.29, 1.82) is 0 Å². The molecule has 4 rings (SSSR count). The first-order valence-corrected chi connectivity index (χ1v) is 11.2. The first kappa shape index (κ1) is 18.0. The van der Waals surface area contributed by atoms with Gasteiger partial charge in [-0.05, 0) is 51.0 Å². The highest BCUT2D eigenvalue weighted by Crippen LogP contribution is 2.37. The predicted molar refractivity (Wildman–Crippen MR) is 106 cm³/mol. The molecule has 0 amide bonds. The Hall–Kier alpha value is -1.34. The van der Waals surface area contributed by atoms with Crippen LogP contribution in [0.4, 0.5) is 0 Å². The molecule has 2 aromatic rings. The van der Waals surface area contributed by atoms with Gasteiger partial charge in [-0.25, -0.2) is 4.98 Å². The summed E-state index contributed by atoms with van der Waals surface area (Å²) in [5.41, 5.74) is 1.27. The summed E-state index contributed by atoms with van der Waals surface area (Å²) in [6, 6.07) is 0.149. The maximum absolute atomic E-state index is 13.5. The Bertz CT molecular complexity index is 896. The number of hydrogen-bond acceptors (Lipinski definition) is 5. The fourth-order valence-electron chi connectivity index (χ4n) is 4.15. The van der Waals surface area contributed by atoms with E-state index < -0.39 is 11.2 Å². The third-order valence-electron chi connectivity index (χ3n) is 5.56. The monoisotopic (exact) mass is 392 g/mol. The largest absolute Gasteiger partial charge is 0.480 e. The van der Waals surface area contributed by atoms with E-state index in [4.69, 9.17) is 4.98 Å². The second-order valence-electron chi connectivity index (χ2n) is 7.35. The quantitative estimate of drug-likeness (QED) is 0.616. The van der Waals surface area contributed by atoms with E-state index in [-0.39, 0.29) is 11.6 Å². The van der Waals surface area contributed by atoms with Crippen molar-refractivity contribution in [2.24, 2.45) is 0 Å². The van der Waals surface area contributed by atoms with Crippen LogP contribution in [0.3, 0.4) is 0 Å². The molecule has 1 N–H and O–H groups in total. The van der Waals surface area contributed by atoms with Crippen molar-refractivity contribution in [1.82, 2.24) is 9.55 Å². The van der Waals surface area contributed by atoms with E-state index in [2.05, 4.69) is 0 Å². The van der Waals surface area contributed by atoms with Crippen LogP contribution in [0.25, 0.3) is 10.2 Å². The van der Waals surface area contributed by atoms with Crippen LogP contribution in [0.5, 0.6) is 0 Å². The Morgan fingerprint density at radius 2 is 1.96 bits per heavy atom. The van der Waals surface area contributed by atoms with E-state index >= 15 is 0 Å². The standard InChI is InChI=1S/C19H24N2O3S2/c1-11(18(23)24)25-19-20-16-15(13-9-5-6-10-14(13)26-16)17(22)21(19)12-7-3-2-4-8-12/h11-12H,2-10H2,1H3,(H,23,24)/t11-/m1/s1. The van der Waals surface area contributed by atoms with Crippen LogP contribution < -0.4 is 5.56 Å². The van der Waals surface area contributed by atoms with E-state index in [1.807, 2.05) is 4.57 Å². The lowest BCUT2D eigenvalue weighted by Crippen LogP contribution is -2.30. The molecule has 2 aliphatic carbocycles. The Kier molecular flexibility index (Phi) is 5.10. The van der Waals surface area contributed by atoms with Gasteiger partial charge in [-0.3, -0.25) is 14.2 Å². The average Bonchev–Trinajstić information content (AvgIpc) is 3.01. The van der Waals surface area contributed by atoms with Gasteiger partial charge < -0.3 is 5.11 Å². The molecular formula is C19H24N2O3S2. The molecular weight excluding hydrogens is 368 g/mol. The lowest BCUT2D eigenvalue weighted by Gasteiger charge is -2.26. The van der Waals surface area contributed by atoms with E-state index in [0.717, 1.165) is 55.2 Å². The molecule has 0 aliphatic heterocycles. The summed E-state index contributed by atoms with van der Waals surface area (Å²) in [7, 11) is 0. The second kappa shape index (κ2) is 7.35. The topological polar surface area (TPSA) is 72.2 Å². The van der Waals surface area contributed by atoms with Gasteiger partial charge in [0.1, 0.15) is 10.1 Å². The zero-order valence-corrected chi connectivity index (χ0v) is 16.6. The molecule has 5 nitrogen and oxygen atoms in total. The number of thiophene rings is 1. The van der Waals surface area contributed by atoms with Crippen LogP contribution in [0.2, 0.25) is 0 Å². The lowest BCUT2D eigenvalue weighted by molar-refractivity contribution is -0.136. The summed E-state index contributed by atoms with van der Waals surface area (Å²) in [6.45, 7) is 1.66. The highest BCUT2D eigenvalue weighted by molar-refractivity contribution is 8.00. The van der Waals surface area contributed by atoms with Crippen molar-refractivity contribution in [3.8, 4) is 0 Å². The fraction of sp³-hybridized carbons (Fsp3) is 0.632. The third-order valence-corrected chi connectivity index (χ3v) is 7.80. The number of carboxylic acid groups (broad SMARTS) is 1. The zero-order chi connectivity index (χ0) is 18.3. The minimum absolute atomic E-state index is 0.0568. The highest BCUT2D eigenvalue weighted by Gasteiger charge is 2.27. The molecule has 2 aliphatic rings. The predicted octanol–water partition coefficient (Wildman–Crippen LogP) is 4.41. The van der Waals surface area contributed by atoms with Crippen molar-refractivity contribution in [2.45, 2.75) is 81.2 Å². The van der Waals surface area contributed by atoms with Crippen LogP contribution in [0.15, 0.2) is 9.95 Å². The van der Waals surface area contributed by atoms with E-state index in [1.54, 1.807) is 18.3 Å². The number of aromatic nitrogens is 2. The summed E-state index contributed by atoms with van der Waals surface area (Å²) in [4.78, 5) is 31.8. The number of aliphatic carboxylic acids is 1. The number of rotatable bonds is 4. The molecule has 7 heteroatoms. The smallest absolute Gasteiger partial charge is 0.316 e. The number of carbonyl (C=O) groups is 1. The van der Waals surface area contributed by atoms with Crippen molar-refractivity contribution >= 4 is 39.3 Å². The average molecular weight is 393 g/mol. The normalized spacial score (nSPS) is 19.4. The van der Waals surface area contributed by atoms with Gasteiger partial charge in [-0.1, -0.05) is 31.0 Å². The van der Waals surface area contributed by atoms with Gasteiger partial charge in [-0.15, -0.1) is 11.3 Å². The molecule has 0 bridgehead atoms. The molecule has 1 saturated carbocycles. The van der Waals surface area contributed by atoms with Gasteiger partial charge in [0.25, 0.3) is 5.56 Å². The maximum Gasteiger partial charge on any atom is 0.316 e. The molecule has 140 valence electrons. The van der Waals surface area contributed by atoms with Gasteiger partial charge in [0.2, 0.25) is 0 Å². The molecule has 2 aromatic heterocycles. The van der Waals surface area contributed by atoms with E-state index in [0.29, 0.717) is 5.16 Å². The van der Waals surface area contributed by atoms with Crippen LogP contribution >= 0.6 is 23.1 Å². The van der Waals surface area contributed by atoms with Gasteiger partial charge in [0.05, 0.1) is 5.39 Å². The number of hydrogen-bond donors (Lipinski definition) is 1. The van der Waals surface area contributed by atoms with Crippen LogP contribution in [0.1, 0.15) is 68.4 Å².